The Morgan fingerprint density at radius 3 is 2.10 bits per heavy atom. The number of sulfonamides is 1. The Morgan fingerprint density at radius 1 is 0.935 bits per heavy atom. The third-order valence-corrected chi connectivity index (χ3v) is 5.97. The van der Waals surface area contributed by atoms with Gasteiger partial charge in [-0.2, -0.15) is 4.72 Å². The maximum absolute atomic E-state index is 13.1. The van der Waals surface area contributed by atoms with E-state index in [1.54, 1.807) is 66.7 Å². The lowest BCUT2D eigenvalue weighted by Gasteiger charge is -2.21. The Morgan fingerprint density at radius 2 is 1.52 bits per heavy atom. The van der Waals surface area contributed by atoms with Crippen LogP contribution in [0.3, 0.4) is 0 Å². The van der Waals surface area contributed by atoms with Crippen molar-refractivity contribution in [3.63, 3.8) is 0 Å². The average Bonchev–Trinajstić information content (AvgIpc) is 2.77. The van der Waals surface area contributed by atoms with E-state index in [1.165, 1.54) is 24.3 Å². The maximum Gasteiger partial charge on any atom is 0.341 e. The topological polar surface area (TPSA) is 72.5 Å². The first-order valence-electron chi connectivity index (χ1n) is 9.64. The van der Waals surface area contributed by atoms with Crippen molar-refractivity contribution < 1.29 is 17.9 Å². The summed E-state index contributed by atoms with van der Waals surface area (Å²) < 4.78 is 34.3. The minimum absolute atomic E-state index is 0.105. The van der Waals surface area contributed by atoms with E-state index in [4.69, 9.17) is 4.74 Å². The zero-order valence-corrected chi connectivity index (χ0v) is 17.9. The molecular weight excluding hydrogens is 410 g/mol. The Kier molecular flexibility index (Phi) is 7.18. The van der Waals surface area contributed by atoms with Gasteiger partial charge in [0, 0.05) is 0 Å². The predicted molar refractivity (Wildman–Crippen MR) is 121 cm³/mol. The molecule has 0 aliphatic rings. The molecule has 0 bridgehead atoms. The maximum atomic E-state index is 13.1. The van der Waals surface area contributed by atoms with E-state index >= 15 is 0 Å². The van der Waals surface area contributed by atoms with Crippen LogP contribution in [0.2, 0.25) is 0 Å². The zero-order chi connectivity index (χ0) is 22.3. The molecule has 0 heterocycles. The van der Waals surface area contributed by atoms with Crippen LogP contribution in [0.1, 0.15) is 17.2 Å². The number of ether oxygens (including phenoxy) is 1. The van der Waals surface area contributed by atoms with Crippen molar-refractivity contribution in [1.29, 1.82) is 0 Å². The lowest BCUT2D eigenvalue weighted by Crippen LogP contribution is -2.33. The largest absolute Gasteiger partial charge is 0.423 e. The van der Waals surface area contributed by atoms with Crippen molar-refractivity contribution in [3.05, 3.63) is 120 Å². The normalized spacial score (nSPS) is 12.7. The van der Waals surface area contributed by atoms with Crippen LogP contribution in [0.4, 0.5) is 0 Å². The number of hydrogen-bond donors (Lipinski definition) is 1. The van der Waals surface area contributed by atoms with Crippen LogP contribution < -0.4 is 9.46 Å². The van der Waals surface area contributed by atoms with E-state index in [-0.39, 0.29) is 10.5 Å². The Labute approximate surface area is 182 Å². The second kappa shape index (κ2) is 10.0. The van der Waals surface area contributed by atoms with Gasteiger partial charge in [0.1, 0.15) is 5.75 Å². The van der Waals surface area contributed by atoms with Gasteiger partial charge < -0.3 is 4.74 Å². The highest BCUT2D eigenvalue weighted by Gasteiger charge is 2.29. The predicted octanol–water partition coefficient (Wildman–Crippen LogP) is 4.73. The number of esters is 1. The number of hydrogen-bond acceptors (Lipinski definition) is 4. The van der Waals surface area contributed by atoms with E-state index in [0.717, 1.165) is 5.56 Å². The minimum atomic E-state index is -3.93. The van der Waals surface area contributed by atoms with Gasteiger partial charge in [0.15, 0.2) is 0 Å². The van der Waals surface area contributed by atoms with Gasteiger partial charge >= 0.3 is 5.97 Å². The summed E-state index contributed by atoms with van der Waals surface area (Å²) in [4.78, 5) is 13.1. The molecule has 0 saturated carbocycles. The second-order valence-corrected chi connectivity index (χ2v) is 8.55. The summed E-state index contributed by atoms with van der Waals surface area (Å²) in [6.07, 6.45) is 2.89. The number of benzene rings is 3. The fraction of sp³-hybridized carbons (Fsp3) is 0.0800. The number of aryl methyl sites for hydroxylation is 1. The van der Waals surface area contributed by atoms with Crippen LogP contribution in [-0.2, 0) is 14.8 Å². The number of carbonyl (C=O) groups is 1. The fourth-order valence-electron chi connectivity index (χ4n) is 2.96. The molecule has 3 aromatic rings. The molecule has 3 aromatic carbocycles. The third-order valence-electron chi connectivity index (χ3n) is 4.54. The molecule has 1 atom stereocenters. The standard InChI is InChI=1S/C25H23NO4S/c1-3-10-23(25(27)30-21-13-8-5-9-14-21)24(20-11-6-4-7-12-20)26-31(28,29)22-17-15-19(2)16-18-22/h3-18,24,26H,1H2,2H3/b23-10+. The first-order valence-corrected chi connectivity index (χ1v) is 11.1. The highest BCUT2D eigenvalue weighted by Crippen LogP contribution is 2.26. The quantitative estimate of drug-likeness (QED) is 0.241. The molecule has 0 radical (unpaired) electrons. The number of rotatable bonds is 8. The Bertz CT molecular complexity index is 1170. The van der Waals surface area contributed by atoms with E-state index in [0.29, 0.717) is 11.3 Å². The van der Waals surface area contributed by atoms with Crippen molar-refractivity contribution in [2.75, 3.05) is 0 Å². The van der Waals surface area contributed by atoms with E-state index in [9.17, 15) is 13.2 Å². The molecule has 31 heavy (non-hydrogen) atoms. The van der Waals surface area contributed by atoms with Crippen LogP contribution in [0.25, 0.3) is 0 Å². The highest BCUT2D eigenvalue weighted by molar-refractivity contribution is 7.89. The van der Waals surface area contributed by atoms with E-state index in [2.05, 4.69) is 11.3 Å². The van der Waals surface area contributed by atoms with Crippen molar-refractivity contribution in [2.24, 2.45) is 0 Å². The van der Waals surface area contributed by atoms with Crippen LogP contribution in [0, 0.1) is 6.92 Å². The van der Waals surface area contributed by atoms with Crippen molar-refractivity contribution in [3.8, 4) is 5.75 Å². The molecule has 0 spiro atoms. The molecule has 3 rings (SSSR count). The molecule has 1 unspecified atom stereocenters. The molecule has 6 heteroatoms. The molecule has 5 nitrogen and oxygen atoms in total. The lowest BCUT2D eigenvalue weighted by atomic mass is 9.99. The molecule has 1 N–H and O–H groups in total. The first kappa shape index (κ1) is 22.2. The van der Waals surface area contributed by atoms with Crippen molar-refractivity contribution in [2.45, 2.75) is 17.9 Å². The third kappa shape index (κ3) is 5.78. The van der Waals surface area contributed by atoms with Crippen LogP contribution in [0.5, 0.6) is 5.75 Å². The molecular formula is C25H23NO4S. The van der Waals surface area contributed by atoms with Gasteiger partial charge in [0.2, 0.25) is 10.0 Å². The van der Waals surface area contributed by atoms with E-state index in [1.807, 2.05) is 13.0 Å². The van der Waals surface area contributed by atoms with Gasteiger partial charge in [-0.05, 0) is 36.8 Å². The van der Waals surface area contributed by atoms with Gasteiger partial charge in [0.05, 0.1) is 16.5 Å². The monoisotopic (exact) mass is 433 g/mol. The zero-order valence-electron chi connectivity index (χ0n) is 17.1. The average molecular weight is 434 g/mol. The Balaban J connectivity index is 2.00. The summed E-state index contributed by atoms with van der Waals surface area (Å²) in [6.45, 7) is 5.55. The van der Waals surface area contributed by atoms with Gasteiger partial charge in [-0.25, -0.2) is 13.2 Å². The van der Waals surface area contributed by atoms with Gasteiger partial charge in [-0.1, -0.05) is 85.0 Å². The molecule has 158 valence electrons. The molecule has 0 aliphatic heterocycles. The molecule has 0 aliphatic carbocycles. The summed E-state index contributed by atoms with van der Waals surface area (Å²) in [7, 11) is -3.93. The number of carbonyl (C=O) groups excluding carboxylic acids is 1. The number of para-hydroxylation sites is 1. The van der Waals surface area contributed by atoms with E-state index < -0.39 is 22.0 Å². The summed E-state index contributed by atoms with van der Waals surface area (Å²) >= 11 is 0. The smallest absolute Gasteiger partial charge is 0.341 e. The second-order valence-electron chi connectivity index (χ2n) is 6.84. The summed E-state index contributed by atoms with van der Waals surface area (Å²) in [5.74, 6) is -0.317. The minimum Gasteiger partial charge on any atom is -0.423 e. The van der Waals surface area contributed by atoms with Gasteiger partial charge in [0.25, 0.3) is 0 Å². The summed E-state index contributed by atoms with van der Waals surface area (Å²) in [6, 6.07) is 23.0. The summed E-state index contributed by atoms with van der Waals surface area (Å²) in [5.41, 5.74) is 1.65. The van der Waals surface area contributed by atoms with Crippen molar-refractivity contribution >= 4 is 16.0 Å². The molecule has 0 fully saturated rings. The molecule has 0 aromatic heterocycles. The Hall–Kier alpha value is -3.48. The summed E-state index contributed by atoms with van der Waals surface area (Å²) in [5, 5.41) is 0. The van der Waals surface area contributed by atoms with Crippen LogP contribution in [-0.4, -0.2) is 14.4 Å². The molecule has 0 amide bonds. The SMILES string of the molecule is C=C/C=C(/C(=O)Oc1ccccc1)C(NS(=O)(=O)c1ccc(C)cc1)c1ccccc1. The number of nitrogens with one attached hydrogen (secondary N) is 1. The van der Waals surface area contributed by atoms with Gasteiger partial charge in [-0.3, -0.25) is 0 Å². The fourth-order valence-corrected chi connectivity index (χ4v) is 4.16. The number of allylic oxidation sites excluding steroid dienone is 2. The molecule has 0 saturated heterocycles. The lowest BCUT2D eigenvalue weighted by molar-refractivity contribution is -0.130. The first-order chi connectivity index (χ1) is 14.9. The van der Waals surface area contributed by atoms with Crippen molar-refractivity contribution in [1.82, 2.24) is 4.72 Å². The van der Waals surface area contributed by atoms with Crippen LogP contribution >= 0.6 is 0 Å². The van der Waals surface area contributed by atoms with Crippen LogP contribution in [0.15, 0.2) is 114 Å². The highest BCUT2D eigenvalue weighted by atomic mass is 32.2. The van der Waals surface area contributed by atoms with Gasteiger partial charge in [-0.15, -0.1) is 0 Å².